The molecule has 4 rings (SSSR count). The number of anilines is 2. The Morgan fingerprint density at radius 2 is 2.00 bits per heavy atom. The normalized spacial score (nSPS) is 11.1. The third-order valence-corrected chi connectivity index (χ3v) is 8.13. The van der Waals surface area contributed by atoms with Crippen molar-refractivity contribution in [2.75, 3.05) is 16.5 Å². The number of rotatable bonds is 7. The molecule has 1 amide bonds. The number of nitrogens with zero attached hydrogens (tertiary/aromatic N) is 4. The molecule has 3 aromatic heterocycles. The van der Waals surface area contributed by atoms with Crippen LogP contribution < -0.4 is 16.3 Å². The summed E-state index contributed by atoms with van der Waals surface area (Å²) in [4.78, 5) is 31.1. The van der Waals surface area contributed by atoms with Crippen LogP contribution in [0.15, 0.2) is 33.7 Å². The average Bonchev–Trinajstić information content (AvgIpc) is 3.34. The molecule has 0 radical (unpaired) electrons. The molecular weight excluding hydrogens is 464 g/mol. The predicted molar refractivity (Wildman–Crippen MR) is 132 cm³/mol. The van der Waals surface area contributed by atoms with Crippen molar-refractivity contribution in [3.8, 4) is 0 Å². The van der Waals surface area contributed by atoms with E-state index in [0.29, 0.717) is 19.7 Å². The molecule has 2 N–H and O–H groups in total. The summed E-state index contributed by atoms with van der Waals surface area (Å²) in [5.74, 6) is -0.217. The lowest BCUT2D eigenvalue weighted by Gasteiger charge is -2.11. The second kappa shape index (κ2) is 9.39. The van der Waals surface area contributed by atoms with Crippen molar-refractivity contribution in [2.24, 2.45) is 0 Å². The minimum absolute atomic E-state index is 0.103. The fraction of sp³-hybridized carbons (Fsp3) is 0.286. The van der Waals surface area contributed by atoms with Gasteiger partial charge in [-0.3, -0.25) is 15.0 Å². The zero-order valence-corrected chi connectivity index (χ0v) is 20.5. The molecule has 0 saturated carbocycles. The molecule has 8 nitrogen and oxygen atoms in total. The number of hydrogen-bond acceptors (Lipinski definition) is 9. The van der Waals surface area contributed by atoms with Crippen LogP contribution in [0.1, 0.15) is 28.5 Å². The Balaban J connectivity index is 1.40. The number of hydrogen-bond donors (Lipinski definition) is 2. The summed E-state index contributed by atoms with van der Waals surface area (Å²) in [5.41, 5.74) is 6.62. The molecule has 11 heteroatoms. The maximum absolute atomic E-state index is 12.7. The van der Waals surface area contributed by atoms with E-state index in [-0.39, 0.29) is 17.2 Å². The standard InChI is InChI=1S/C21H22N6O2S3/c1-5-14-8-6-7-11(2)17(14)23-20-24-25-21(32-20)30-9-15(28)26-27-10-22-18-16(19(27)29)12(3)13(4)31-18/h6-8,10H,5,9H2,1-4H3,(H,23,24)(H,26,28). The smallest absolute Gasteiger partial charge is 0.281 e. The molecule has 0 atom stereocenters. The summed E-state index contributed by atoms with van der Waals surface area (Å²) in [5, 5.41) is 12.9. The molecule has 0 saturated heterocycles. The largest absolute Gasteiger partial charge is 0.330 e. The zero-order valence-electron chi connectivity index (χ0n) is 18.1. The Morgan fingerprint density at radius 3 is 2.78 bits per heavy atom. The second-order valence-electron chi connectivity index (χ2n) is 7.17. The number of aromatic nitrogens is 4. The van der Waals surface area contributed by atoms with Crippen molar-refractivity contribution < 1.29 is 4.79 Å². The number of fused-ring (bicyclic) bond motifs is 1. The molecule has 0 aliphatic heterocycles. The van der Waals surface area contributed by atoms with E-state index in [1.165, 1.54) is 46.3 Å². The highest BCUT2D eigenvalue weighted by molar-refractivity contribution is 8.01. The Kier molecular flexibility index (Phi) is 6.58. The first kappa shape index (κ1) is 22.4. The van der Waals surface area contributed by atoms with Gasteiger partial charge in [0.2, 0.25) is 11.0 Å². The number of benzene rings is 1. The van der Waals surface area contributed by atoms with Crippen LogP contribution in [0, 0.1) is 20.8 Å². The van der Waals surface area contributed by atoms with Gasteiger partial charge in [-0.05, 0) is 43.9 Å². The Bertz CT molecular complexity index is 1360. The van der Waals surface area contributed by atoms with Crippen molar-refractivity contribution >= 4 is 61.4 Å². The quantitative estimate of drug-likeness (QED) is 0.373. The number of para-hydroxylation sites is 1. The van der Waals surface area contributed by atoms with Crippen LogP contribution in [0.25, 0.3) is 10.2 Å². The van der Waals surface area contributed by atoms with Gasteiger partial charge in [0.25, 0.3) is 5.56 Å². The first-order valence-corrected chi connectivity index (χ1v) is 12.6. The summed E-state index contributed by atoms with van der Waals surface area (Å²) in [7, 11) is 0. The molecule has 0 spiro atoms. The Labute approximate surface area is 197 Å². The maximum Gasteiger partial charge on any atom is 0.281 e. The fourth-order valence-electron chi connectivity index (χ4n) is 3.24. The van der Waals surface area contributed by atoms with Gasteiger partial charge in [-0.1, -0.05) is 48.2 Å². The van der Waals surface area contributed by atoms with Gasteiger partial charge in [-0.2, -0.15) is 0 Å². The van der Waals surface area contributed by atoms with Gasteiger partial charge < -0.3 is 5.32 Å². The van der Waals surface area contributed by atoms with E-state index in [2.05, 4.69) is 51.9 Å². The summed E-state index contributed by atoms with van der Waals surface area (Å²) in [6.45, 7) is 8.00. The maximum atomic E-state index is 12.7. The van der Waals surface area contributed by atoms with E-state index < -0.39 is 0 Å². The van der Waals surface area contributed by atoms with Crippen LogP contribution in [0.2, 0.25) is 0 Å². The molecule has 32 heavy (non-hydrogen) atoms. The van der Waals surface area contributed by atoms with Gasteiger partial charge in [0.05, 0.1) is 11.1 Å². The highest BCUT2D eigenvalue weighted by Crippen LogP contribution is 2.30. The van der Waals surface area contributed by atoms with Crippen LogP contribution in [-0.4, -0.2) is 31.5 Å². The molecule has 0 aliphatic rings. The minimum Gasteiger partial charge on any atom is -0.330 e. The lowest BCUT2D eigenvalue weighted by Crippen LogP contribution is -2.34. The molecule has 0 fully saturated rings. The predicted octanol–water partition coefficient (Wildman–Crippen LogP) is 4.40. The van der Waals surface area contributed by atoms with Crippen LogP contribution >= 0.6 is 34.4 Å². The molecule has 4 aromatic rings. The third kappa shape index (κ3) is 4.54. The monoisotopic (exact) mass is 486 g/mol. The summed E-state index contributed by atoms with van der Waals surface area (Å²) in [6.07, 6.45) is 2.26. The van der Waals surface area contributed by atoms with Crippen molar-refractivity contribution in [1.29, 1.82) is 0 Å². The van der Waals surface area contributed by atoms with E-state index in [1.807, 2.05) is 19.9 Å². The van der Waals surface area contributed by atoms with E-state index in [1.54, 1.807) is 0 Å². The average molecular weight is 487 g/mol. The van der Waals surface area contributed by atoms with E-state index in [4.69, 9.17) is 0 Å². The highest BCUT2D eigenvalue weighted by Gasteiger charge is 2.15. The third-order valence-electron chi connectivity index (χ3n) is 5.04. The number of thiophene rings is 1. The lowest BCUT2D eigenvalue weighted by atomic mass is 10.1. The minimum atomic E-state index is -0.320. The summed E-state index contributed by atoms with van der Waals surface area (Å²) >= 11 is 4.13. The van der Waals surface area contributed by atoms with Crippen LogP contribution in [0.4, 0.5) is 10.8 Å². The van der Waals surface area contributed by atoms with Crippen molar-refractivity contribution in [3.63, 3.8) is 0 Å². The van der Waals surface area contributed by atoms with Gasteiger partial charge in [0.15, 0.2) is 4.34 Å². The first-order valence-electron chi connectivity index (χ1n) is 9.96. The summed E-state index contributed by atoms with van der Waals surface area (Å²) in [6, 6.07) is 6.18. The zero-order chi connectivity index (χ0) is 22.8. The number of carbonyl (C=O) groups is 1. The molecule has 3 heterocycles. The van der Waals surface area contributed by atoms with E-state index in [0.717, 1.165) is 32.8 Å². The highest BCUT2D eigenvalue weighted by atomic mass is 32.2. The molecular formula is C21H22N6O2S3. The number of nitrogens with one attached hydrogen (secondary N) is 2. The molecule has 1 aromatic carbocycles. The summed E-state index contributed by atoms with van der Waals surface area (Å²) < 4.78 is 1.81. The number of amides is 1. The first-order chi connectivity index (χ1) is 15.4. The topological polar surface area (TPSA) is 102 Å². The van der Waals surface area contributed by atoms with Crippen LogP contribution in [0.3, 0.4) is 0 Å². The second-order valence-corrected chi connectivity index (χ2v) is 10.6. The van der Waals surface area contributed by atoms with Crippen LogP contribution in [0.5, 0.6) is 0 Å². The van der Waals surface area contributed by atoms with E-state index in [9.17, 15) is 9.59 Å². The molecule has 0 bridgehead atoms. The van der Waals surface area contributed by atoms with Gasteiger partial charge >= 0.3 is 0 Å². The van der Waals surface area contributed by atoms with Crippen molar-refractivity contribution in [1.82, 2.24) is 19.9 Å². The Morgan fingerprint density at radius 1 is 1.19 bits per heavy atom. The van der Waals surface area contributed by atoms with Crippen molar-refractivity contribution in [2.45, 2.75) is 38.5 Å². The van der Waals surface area contributed by atoms with Gasteiger partial charge in [-0.25, -0.2) is 9.66 Å². The molecule has 0 unspecified atom stereocenters. The SMILES string of the molecule is CCc1cccc(C)c1Nc1nnc(SCC(=O)Nn2cnc3sc(C)c(C)c3c2=O)s1. The van der Waals surface area contributed by atoms with E-state index >= 15 is 0 Å². The lowest BCUT2D eigenvalue weighted by molar-refractivity contribution is -0.114. The van der Waals surface area contributed by atoms with Crippen LogP contribution in [-0.2, 0) is 11.2 Å². The van der Waals surface area contributed by atoms with Crippen molar-refractivity contribution in [3.05, 3.63) is 56.4 Å². The Hall–Kier alpha value is -2.76. The molecule has 166 valence electrons. The number of aryl methyl sites for hydroxylation is 4. The number of thioether (sulfide) groups is 1. The fourth-order valence-corrected chi connectivity index (χ4v) is 5.77. The number of carbonyl (C=O) groups excluding carboxylic acids is 1. The van der Waals surface area contributed by atoms with Gasteiger partial charge in [-0.15, -0.1) is 21.5 Å². The molecule has 0 aliphatic carbocycles. The van der Waals surface area contributed by atoms with Gasteiger partial charge in [0, 0.05) is 10.6 Å². The van der Waals surface area contributed by atoms with Gasteiger partial charge in [0.1, 0.15) is 11.2 Å².